The van der Waals surface area contributed by atoms with E-state index in [1.54, 1.807) is 30.3 Å². The van der Waals surface area contributed by atoms with Crippen molar-refractivity contribution in [2.24, 2.45) is 0 Å². The molecule has 0 saturated carbocycles. The molecule has 0 bridgehead atoms. The number of carbonyl (C=O) groups is 2. The Morgan fingerprint density at radius 1 is 1.00 bits per heavy atom. The SMILES string of the molecule is Cc1cc(C)c(C(=O)COC(=O)CCNS(=O)(=O)/C=C/c2ccccc2)cc1C. The highest BCUT2D eigenvalue weighted by Crippen LogP contribution is 2.16. The molecule has 2 rings (SSSR count). The molecular weight excluding hydrogens is 390 g/mol. The Morgan fingerprint density at radius 2 is 1.66 bits per heavy atom. The molecule has 0 heterocycles. The molecule has 0 saturated heterocycles. The largest absolute Gasteiger partial charge is 0.457 e. The Labute approximate surface area is 171 Å². The van der Waals surface area contributed by atoms with Gasteiger partial charge in [0.15, 0.2) is 6.61 Å². The first-order chi connectivity index (χ1) is 13.7. The summed E-state index contributed by atoms with van der Waals surface area (Å²) in [6, 6.07) is 12.7. The average molecular weight is 416 g/mol. The van der Waals surface area contributed by atoms with Crippen LogP contribution in [0.3, 0.4) is 0 Å². The summed E-state index contributed by atoms with van der Waals surface area (Å²) in [5.74, 6) is -0.931. The number of benzene rings is 2. The van der Waals surface area contributed by atoms with Crippen molar-refractivity contribution in [3.05, 3.63) is 75.7 Å². The van der Waals surface area contributed by atoms with E-state index in [4.69, 9.17) is 4.74 Å². The maximum absolute atomic E-state index is 12.3. The zero-order chi connectivity index (χ0) is 21.4. The molecule has 1 N–H and O–H groups in total. The number of rotatable bonds is 9. The Balaban J connectivity index is 1.79. The standard InChI is InChI=1S/C22H25NO5S/c1-16-13-18(3)20(14-17(16)2)21(24)15-28-22(25)9-11-23-29(26,27)12-10-19-7-5-4-6-8-19/h4-8,10,12-14,23H,9,11,15H2,1-3H3/b12-10+. The highest BCUT2D eigenvalue weighted by Gasteiger charge is 2.14. The van der Waals surface area contributed by atoms with E-state index in [0.717, 1.165) is 27.7 Å². The van der Waals surface area contributed by atoms with Crippen molar-refractivity contribution in [3.63, 3.8) is 0 Å². The summed E-state index contributed by atoms with van der Waals surface area (Å²) in [6.07, 6.45) is 1.29. The molecule has 0 spiro atoms. The van der Waals surface area contributed by atoms with E-state index in [-0.39, 0.29) is 25.4 Å². The Bertz CT molecular complexity index is 1010. The number of aryl methyl sites for hydroxylation is 3. The molecule has 0 atom stereocenters. The molecule has 0 aliphatic heterocycles. The van der Waals surface area contributed by atoms with Crippen LogP contribution in [0.4, 0.5) is 0 Å². The van der Waals surface area contributed by atoms with Crippen molar-refractivity contribution in [1.29, 1.82) is 0 Å². The number of Topliss-reactive ketones (excluding diaryl/α,β-unsaturated/α-hetero) is 1. The van der Waals surface area contributed by atoms with Gasteiger partial charge in [-0.2, -0.15) is 0 Å². The minimum absolute atomic E-state index is 0.114. The molecule has 0 fully saturated rings. The molecule has 0 aromatic heterocycles. The van der Waals surface area contributed by atoms with E-state index < -0.39 is 16.0 Å². The predicted molar refractivity (Wildman–Crippen MR) is 113 cm³/mol. The van der Waals surface area contributed by atoms with E-state index in [1.807, 2.05) is 32.9 Å². The van der Waals surface area contributed by atoms with Crippen LogP contribution in [0.1, 0.15) is 39.0 Å². The fraction of sp³-hybridized carbons (Fsp3) is 0.273. The summed E-state index contributed by atoms with van der Waals surface area (Å²) < 4.78 is 31.1. The summed E-state index contributed by atoms with van der Waals surface area (Å²) in [5.41, 5.74) is 4.17. The number of ether oxygens (including phenoxy) is 1. The fourth-order valence-electron chi connectivity index (χ4n) is 2.63. The molecule has 7 heteroatoms. The van der Waals surface area contributed by atoms with Gasteiger partial charge < -0.3 is 4.74 Å². The number of hydrogen-bond acceptors (Lipinski definition) is 5. The van der Waals surface area contributed by atoms with Gasteiger partial charge in [0.2, 0.25) is 15.8 Å². The molecule has 0 radical (unpaired) electrons. The lowest BCUT2D eigenvalue weighted by Gasteiger charge is -2.09. The van der Waals surface area contributed by atoms with Gasteiger partial charge in [0.1, 0.15) is 0 Å². The van der Waals surface area contributed by atoms with Gasteiger partial charge in [0, 0.05) is 17.5 Å². The molecular formula is C22H25NO5S. The van der Waals surface area contributed by atoms with Gasteiger partial charge >= 0.3 is 5.97 Å². The Hall–Kier alpha value is -2.77. The van der Waals surface area contributed by atoms with Crippen molar-refractivity contribution in [2.75, 3.05) is 13.2 Å². The molecule has 6 nitrogen and oxygen atoms in total. The first-order valence-corrected chi connectivity index (χ1v) is 10.7. The van der Waals surface area contributed by atoms with E-state index in [9.17, 15) is 18.0 Å². The molecule has 29 heavy (non-hydrogen) atoms. The average Bonchev–Trinajstić information content (AvgIpc) is 2.68. The number of esters is 1. The van der Waals surface area contributed by atoms with Gasteiger partial charge in [-0.3, -0.25) is 9.59 Å². The van der Waals surface area contributed by atoms with Crippen LogP contribution >= 0.6 is 0 Å². The molecule has 0 unspecified atom stereocenters. The number of carbonyl (C=O) groups excluding carboxylic acids is 2. The third-order valence-electron chi connectivity index (χ3n) is 4.38. The monoisotopic (exact) mass is 415 g/mol. The van der Waals surface area contributed by atoms with E-state index in [0.29, 0.717) is 5.56 Å². The molecule has 0 aliphatic carbocycles. The summed E-state index contributed by atoms with van der Waals surface area (Å²) in [4.78, 5) is 24.1. The number of hydrogen-bond donors (Lipinski definition) is 1. The maximum atomic E-state index is 12.3. The number of ketones is 1. The van der Waals surface area contributed by atoms with Gasteiger partial charge in [0.25, 0.3) is 0 Å². The van der Waals surface area contributed by atoms with Crippen molar-refractivity contribution >= 4 is 27.9 Å². The van der Waals surface area contributed by atoms with Crippen LogP contribution in [-0.2, 0) is 19.6 Å². The smallest absolute Gasteiger partial charge is 0.307 e. The zero-order valence-corrected chi connectivity index (χ0v) is 17.6. The normalized spacial score (nSPS) is 11.6. The van der Waals surface area contributed by atoms with Gasteiger partial charge in [-0.05, 0) is 55.2 Å². The topological polar surface area (TPSA) is 89.5 Å². The van der Waals surface area contributed by atoms with Gasteiger partial charge in [-0.1, -0.05) is 36.4 Å². The molecule has 2 aromatic rings. The van der Waals surface area contributed by atoms with E-state index in [1.165, 1.54) is 6.08 Å². The number of sulfonamides is 1. The summed E-state index contributed by atoms with van der Waals surface area (Å²) >= 11 is 0. The highest BCUT2D eigenvalue weighted by atomic mass is 32.2. The highest BCUT2D eigenvalue weighted by molar-refractivity contribution is 7.92. The molecule has 0 aliphatic rings. The molecule has 154 valence electrons. The fourth-order valence-corrected chi connectivity index (χ4v) is 3.45. The van der Waals surface area contributed by atoms with Crippen molar-refractivity contribution in [2.45, 2.75) is 27.2 Å². The van der Waals surface area contributed by atoms with Crippen molar-refractivity contribution in [3.8, 4) is 0 Å². The maximum Gasteiger partial charge on any atom is 0.307 e. The first-order valence-electron chi connectivity index (χ1n) is 9.17. The third-order valence-corrected chi connectivity index (χ3v) is 5.48. The minimum Gasteiger partial charge on any atom is -0.457 e. The van der Waals surface area contributed by atoms with Crippen LogP contribution in [0.25, 0.3) is 6.08 Å². The second-order valence-electron chi connectivity index (χ2n) is 6.74. The quantitative estimate of drug-likeness (QED) is 0.501. The number of nitrogens with one attached hydrogen (secondary N) is 1. The minimum atomic E-state index is -3.67. The second-order valence-corrected chi connectivity index (χ2v) is 8.39. The summed E-state index contributed by atoms with van der Waals surface area (Å²) in [5, 5.41) is 1.04. The van der Waals surface area contributed by atoms with Gasteiger partial charge in [-0.25, -0.2) is 13.1 Å². The summed E-state index contributed by atoms with van der Waals surface area (Å²) in [7, 11) is -3.67. The molecule has 0 amide bonds. The summed E-state index contributed by atoms with van der Waals surface area (Å²) in [6.45, 7) is 5.22. The van der Waals surface area contributed by atoms with Crippen molar-refractivity contribution < 1.29 is 22.7 Å². The van der Waals surface area contributed by atoms with Crippen LogP contribution < -0.4 is 4.72 Å². The zero-order valence-electron chi connectivity index (χ0n) is 16.8. The van der Waals surface area contributed by atoms with Crippen LogP contribution in [0.15, 0.2) is 47.9 Å². The predicted octanol–water partition coefficient (Wildman–Crippen LogP) is 3.32. The lowest BCUT2D eigenvalue weighted by molar-refractivity contribution is -0.142. The van der Waals surface area contributed by atoms with Crippen LogP contribution in [-0.4, -0.2) is 33.3 Å². The van der Waals surface area contributed by atoms with Crippen molar-refractivity contribution in [1.82, 2.24) is 4.72 Å². The van der Waals surface area contributed by atoms with E-state index >= 15 is 0 Å². The van der Waals surface area contributed by atoms with Crippen LogP contribution in [0.5, 0.6) is 0 Å². The second kappa shape index (κ2) is 10.1. The lowest BCUT2D eigenvalue weighted by atomic mass is 9.98. The lowest BCUT2D eigenvalue weighted by Crippen LogP contribution is -2.25. The van der Waals surface area contributed by atoms with Crippen LogP contribution in [0.2, 0.25) is 0 Å². The Kier molecular flexibility index (Phi) is 7.87. The molecule has 2 aromatic carbocycles. The Morgan fingerprint density at radius 3 is 2.34 bits per heavy atom. The van der Waals surface area contributed by atoms with Crippen LogP contribution in [0, 0.1) is 20.8 Å². The van der Waals surface area contributed by atoms with Gasteiger partial charge in [-0.15, -0.1) is 0 Å². The van der Waals surface area contributed by atoms with E-state index in [2.05, 4.69) is 4.72 Å². The third kappa shape index (κ3) is 7.29. The van der Waals surface area contributed by atoms with Gasteiger partial charge in [0.05, 0.1) is 6.42 Å². The first kappa shape index (κ1) is 22.5.